The molecule has 8 heteroatoms. The molecule has 1 saturated heterocycles. The predicted molar refractivity (Wildman–Crippen MR) is 87.6 cm³/mol. The van der Waals surface area contributed by atoms with Crippen molar-refractivity contribution in [3.05, 3.63) is 29.5 Å². The number of methoxy groups -OCH3 is 1. The minimum absolute atomic E-state index is 0.0582. The van der Waals surface area contributed by atoms with Gasteiger partial charge in [-0.1, -0.05) is 0 Å². The highest BCUT2D eigenvalue weighted by Crippen LogP contribution is 2.34. The molecule has 3 rings (SSSR count). The van der Waals surface area contributed by atoms with Crippen molar-refractivity contribution < 1.29 is 9.53 Å². The molecule has 1 aliphatic rings. The van der Waals surface area contributed by atoms with E-state index in [-0.39, 0.29) is 11.9 Å². The Balaban J connectivity index is 1.68. The fraction of sp³-hybridized carbons (Fsp3) is 0.467. The summed E-state index contributed by atoms with van der Waals surface area (Å²) >= 11 is 1.50. The van der Waals surface area contributed by atoms with Gasteiger partial charge in [0.05, 0.1) is 24.8 Å². The smallest absolute Gasteiger partial charge is 0.228 e. The first-order chi connectivity index (χ1) is 11.3. The molecule has 1 aliphatic heterocycles. The molecule has 2 aromatic heterocycles. The lowest BCUT2D eigenvalue weighted by Gasteiger charge is -2.23. The fourth-order valence-electron chi connectivity index (χ4n) is 2.66. The van der Waals surface area contributed by atoms with Crippen LogP contribution in [-0.4, -0.2) is 46.0 Å². The Labute approximate surface area is 138 Å². The lowest BCUT2D eigenvalue weighted by atomic mass is 10.1. The average Bonchev–Trinajstić information content (AvgIpc) is 3.22. The number of aromatic nitrogens is 3. The number of rotatable bonds is 6. The lowest BCUT2D eigenvalue weighted by molar-refractivity contribution is -0.133. The third kappa shape index (κ3) is 3.83. The molecular weight excluding hydrogens is 314 g/mol. The number of ether oxygens (including phenoxy) is 1. The molecule has 0 unspecified atom stereocenters. The van der Waals surface area contributed by atoms with Crippen LogP contribution >= 0.6 is 11.3 Å². The summed E-state index contributed by atoms with van der Waals surface area (Å²) in [6.07, 6.45) is 5.73. The van der Waals surface area contributed by atoms with Crippen molar-refractivity contribution >= 4 is 28.3 Å². The minimum atomic E-state index is 0.0582. The van der Waals surface area contributed by atoms with Gasteiger partial charge in [0.25, 0.3) is 0 Å². The zero-order chi connectivity index (χ0) is 16.1. The number of nitrogens with one attached hydrogen (secondary N) is 1. The second kappa shape index (κ2) is 7.47. The molecular formula is C15H19N5O2S. The fourth-order valence-corrected chi connectivity index (χ4v) is 3.41. The van der Waals surface area contributed by atoms with Crippen LogP contribution in [0.15, 0.2) is 23.8 Å². The second-order valence-corrected chi connectivity index (χ2v) is 6.12. The van der Waals surface area contributed by atoms with Crippen LogP contribution in [0.1, 0.15) is 31.0 Å². The molecule has 1 N–H and O–H groups in total. The molecule has 23 heavy (non-hydrogen) atoms. The first kappa shape index (κ1) is 15.8. The van der Waals surface area contributed by atoms with Crippen molar-refractivity contribution in [3.8, 4) is 0 Å². The van der Waals surface area contributed by atoms with Gasteiger partial charge in [0.15, 0.2) is 5.13 Å². The van der Waals surface area contributed by atoms with E-state index in [2.05, 4.69) is 20.3 Å². The molecule has 1 atom stereocenters. The molecule has 0 radical (unpaired) electrons. The van der Waals surface area contributed by atoms with Gasteiger partial charge in [0.2, 0.25) is 11.9 Å². The zero-order valence-corrected chi connectivity index (χ0v) is 13.8. The number of hydrogen-bond donors (Lipinski definition) is 1. The highest BCUT2D eigenvalue weighted by molar-refractivity contribution is 7.13. The molecule has 0 bridgehead atoms. The number of carbonyl (C=O) groups excluding carboxylic acids is 1. The summed E-state index contributed by atoms with van der Waals surface area (Å²) < 4.78 is 5.00. The van der Waals surface area contributed by atoms with Crippen molar-refractivity contribution in [1.29, 1.82) is 0 Å². The summed E-state index contributed by atoms with van der Waals surface area (Å²) in [5.74, 6) is 0.649. The predicted octanol–water partition coefficient (Wildman–Crippen LogP) is 2.38. The molecule has 122 valence electrons. The van der Waals surface area contributed by atoms with Crippen LogP contribution in [0, 0.1) is 0 Å². The van der Waals surface area contributed by atoms with Gasteiger partial charge in [-0.15, -0.1) is 11.3 Å². The van der Waals surface area contributed by atoms with Crippen LogP contribution in [0.25, 0.3) is 0 Å². The van der Waals surface area contributed by atoms with Crippen molar-refractivity contribution in [3.63, 3.8) is 0 Å². The van der Waals surface area contributed by atoms with Crippen molar-refractivity contribution in [2.24, 2.45) is 0 Å². The highest BCUT2D eigenvalue weighted by atomic mass is 32.1. The molecule has 1 amide bonds. The Bertz CT molecular complexity index is 648. The van der Waals surface area contributed by atoms with E-state index in [1.807, 2.05) is 10.3 Å². The summed E-state index contributed by atoms with van der Waals surface area (Å²) in [4.78, 5) is 27.0. The van der Waals surface area contributed by atoms with Crippen LogP contribution in [0.3, 0.4) is 0 Å². The van der Waals surface area contributed by atoms with Crippen molar-refractivity contribution in [1.82, 2.24) is 19.9 Å². The molecule has 1 fully saturated rings. The number of likely N-dealkylation sites (tertiary alicyclic amines) is 1. The summed E-state index contributed by atoms with van der Waals surface area (Å²) in [5, 5.41) is 5.82. The number of hydrogen-bond acceptors (Lipinski definition) is 7. The first-order valence-electron chi connectivity index (χ1n) is 7.56. The summed E-state index contributed by atoms with van der Waals surface area (Å²) in [6, 6.07) is 1.82. The first-order valence-corrected chi connectivity index (χ1v) is 8.44. The topological polar surface area (TPSA) is 80.2 Å². The Kier molecular flexibility index (Phi) is 5.14. The van der Waals surface area contributed by atoms with Gasteiger partial charge >= 0.3 is 0 Å². The Morgan fingerprint density at radius 2 is 2.30 bits per heavy atom. The summed E-state index contributed by atoms with van der Waals surface area (Å²) in [6.45, 7) is 1.24. The third-order valence-corrected chi connectivity index (χ3v) is 4.52. The van der Waals surface area contributed by atoms with E-state index in [0.29, 0.717) is 19.0 Å². The third-order valence-electron chi connectivity index (χ3n) is 3.74. The maximum absolute atomic E-state index is 12.3. The molecule has 7 nitrogen and oxygen atoms in total. The molecule has 0 saturated carbocycles. The lowest BCUT2D eigenvalue weighted by Crippen LogP contribution is -2.31. The number of carbonyl (C=O) groups is 1. The number of amides is 1. The summed E-state index contributed by atoms with van der Waals surface area (Å²) in [5.41, 5.74) is 0.927. The van der Waals surface area contributed by atoms with Crippen molar-refractivity contribution in [2.75, 3.05) is 25.6 Å². The number of nitrogens with zero attached hydrogens (tertiary/aromatic N) is 4. The maximum Gasteiger partial charge on any atom is 0.228 e. The Morgan fingerprint density at radius 3 is 3.09 bits per heavy atom. The van der Waals surface area contributed by atoms with Crippen LogP contribution in [-0.2, 0) is 9.53 Å². The zero-order valence-electron chi connectivity index (χ0n) is 12.9. The van der Waals surface area contributed by atoms with E-state index in [1.165, 1.54) is 11.3 Å². The van der Waals surface area contributed by atoms with Gasteiger partial charge in [0, 0.05) is 31.4 Å². The van der Waals surface area contributed by atoms with Crippen LogP contribution in [0.5, 0.6) is 0 Å². The monoisotopic (exact) mass is 333 g/mol. The van der Waals surface area contributed by atoms with E-state index in [4.69, 9.17) is 4.74 Å². The molecule has 0 spiro atoms. The quantitative estimate of drug-likeness (QED) is 0.874. The van der Waals surface area contributed by atoms with Gasteiger partial charge in [-0.25, -0.2) is 15.0 Å². The van der Waals surface area contributed by atoms with Crippen molar-refractivity contribution in [2.45, 2.75) is 25.3 Å². The van der Waals surface area contributed by atoms with E-state index in [0.717, 1.165) is 30.2 Å². The van der Waals surface area contributed by atoms with Gasteiger partial charge in [0.1, 0.15) is 0 Å². The maximum atomic E-state index is 12.3. The second-order valence-electron chi connectivity index (χ2n) is 5.26. The Hall–Kier alpha value is -2.06. The van der Waals surface area contributed by atoms with E-state index in [9.17, 15) is 4.79 Å². The SMILES string of the molecule is COCCC(=O)N1CCC[C@@H]1c1csc(Nc2ncccn2)n1. The van der Waals surface area contributed by atoms with Gasteiger partial charge in [-0.05, 0) is 18.9 Å². The van der Waals surface area contributed by atoms with Gasteiger partial charge in [-0.3, -0.25) is 4.79 Å². The van der Waals surface area contributed by atoms with E-state index in [1.54, 1.807) is 25.6 Å². The molecule has 0 aliphatic carbocycles. The molecule has 0 aromatic carbocycles. The Morgan fingerprint density at radius 1 is 1.48 bits per heavy atom. The standard InChI is InChI=1S/C15H19N5O2S/c1-22-9-5-13(21)20-8-2-4-12(20)11-10-23-15(18-11)19-14-16-6-3-7-17-14/h3,6-7,10,12H,2,4-5,8-9H2,1H3,(H,16,17,18,19)/t12-/m1/s1. The van der Waals surface area contributed by atoms with Crippen LogP contribution < -0.4 is 5.32 Å². The molecule has 2 aromatic rings. The minimum Gasteiger partial charge on any atom is -0.384 e. The number of anilines is 2. The average molecular weight is 333 g/mol. The van der Waals surface area contributed by atoms with Gasteiger partial charge < -0.3 is 15.0 Å². The van der Waals surface area contributed by atoms with Gasteiger partial charge in [-0.2, -0.15) is 0 Å². The number of thiazole rings is 1. The normalized spacial score (nSPS) is 17.4. The largest absolute Gasteiger partial charge is 0.384 e. The summed E-state index contributed by atoms with van der Waals surface area (Å²) in [7, 11) is 1.61. The van der Waals surface area contributed by atoms with Crippen LogP contribution in [0.2, 0.25) is 0 Å². The van der Waals surface area contributed by atoms with E-state index < -0.39 is 0 Å². The molecule has 3 heterocycles. The van der Waals surface area contributed by atoms with Crippen LogP contribution in [0.4, 0.5) is 11.1 Å². The van der Waals surface area contributed by atoms with E-state index >= 15 is 0 Å². The highest BCUT2D eigenvalue weighted by Gasteiger charge is 2.31.